The predicted octanol–water partition coefficient (Wildman–Crippen LogP) is 2.79. The zero-order valence-electron chi connectivity index (χ0n) is 14.9. The van der Waals surface area contributed by atoms with Crippen LogP contribution in [0.2, 0.25) is 0 Å². The molecule has 1 saturated carbocycles. The van der Waals surface area contributed by atoms with Crippen LogP contribution in [0, 0.1) is 5.41 Å². The number of carboxylic acid groups (broad SMARTS) is 1. The summed E-state index contributed by atoms with van der Waals surface area (Å²) in [6.07, 6.45) is 1.07. The van der Waals surface area contributed by atoms with Crippen LogP contribution in [0.5, 0.6) is 0 Å². The minimum Gasteiger partial charge on any atom is -0.479 e. The van der Waals surface area contributed by atoms with E-state index in [1.165, 1.54) is 5.56 Å². The van der Waals surface area contributed by atoms with Gasteiger partial charge in [0, 0.05) is 18.4 Å². The third-order valence-corrected chi connectivity index (χ3v) is 6.94. The quantitative estimate of drug-likeness (QED) is 0.841. The monoisotopic (exact) mass is 363 g/mol. The van der Waals surface area contributed by atoms with Crippen LogP contribution in [-0.2, 0) is 20.7 Å². The van der Waals surface area contributed by atoms with Gasteiger partial charge in [0.25, 0.3) is 0 Å². The van der Waals surface area contributed by atoms with Crippen molar-refractivity contribution in [2.45, 2.75) is 50.5 Å². The van der Waals surface area contributed by atoms with E-state index >= 15 is 0 Å². The van der Waals surface area contributed by atoms with E-state index in [-0.39, 0.29) is 17.3 Å². The Balaban J connectivity index is 1.83. The molecule has 25 heavy (non-hydrogen) atoms. The molecule has 1 aromatic carbocycles. The molecule has 2 N–H and O–H groups in total. The number of carbonyl (C=O) groups excluding carboxylic acids is 1. The van der Waals surface area contributed by atoms with Crippen LogP contribution in [0.1, 0.15) is 43.6 Å². The number of amides is 1. The van der Waals surface area contributed by atoms with Gasteiger partial charge >= 0.3 is 5.97 Å². The van der Waals surface area contributed by atoms with Gasteiger partial charge in [0.05, 0.1) is 6.10 Å². The van der Waals surface area contributed by atoms with E-state index in [0.29, 0.717) is 13.0 Å². The van der Waals surface area contributed by atoms with Crippen LogP contribution >= 0.6 is 11.8 Å². The van der Waals surface area contributed by atoms with E-state index in [4.69, 9.17) is 4.74 Å². The number of aryl methyl sites for hydroxylation is 1. The van der Waals surface area contributed by atoms with Gasteiger partial charge in [-0.1, -0.05) is 38.1 Å². The minimum atomic E-state index is -1.28. The highest BCUT2D eigenvalue weighted by molar-refractivity contribution is 8.00. The number of hydrogen-bond acceptors (Lipinski definition) is 4. The molecular weight excluding hydrogens is 338 g/mol. The van der Waals surface area contributed by atoms with Gasteiger partial charge in [-0.2, -0.15) is 0 Å². The Morgan fingerprint density at radius 1 is 1.36 bits per heavy atom. The molecule has 1 fully saturated rings. The fourth-order valence-corrected chi connectivity index (χ4v) is 5.12. The Morgan fingerprint density at radius 3 is 2.72 bits per heavy atom. The number of rotatable bonds is 5. The first kappa shape index (κ1) is 18.3. The van der Waals surface area contributed by atoms with Gasteiger partial charge in [-0.15, -0.1) is 11.8 Å². The maximum Gasteiger partial charge on any atom is 0.330 e. The molecule has 1 aromatic rings. The van der Waals surface area contributed by atoms with Gasteiger partial charge in [-0.05, 0) is 30.2 Å². The van der Waals surface area contributed by atoms with Gasteiger partial charge < -0.3 is 15.2 Å². The summed E-state index contributed by atoms with van der Waals surface area (Å²) in [5.74, 6) is -0.349. The maximum absolute atomic E-state index is 13.0. The molecule has 3 rings (SSSR count). The standard InChI is InChI=1S/C19H25NO4S/c1-4-24-14-11-19(17(22)23,18(14,2)3)20-16(21)15-13-8-6-5-7-12(13)9-10-25-15/h5-8,14-15H,4,9-11H2,1-3H3,(H,20,21)(H,22,23). The fourth-order valence-electron chi connectivity index (χ4n) is 3.92. The van der Waals surface area contributed by atoms with Crippen molar-refractivity contribution in [2.24, 2.45) is 5.41 Å². The largest absolute Gasteiger partial charge is 0.479 e. The summed E-state index contributed by atoms with van der Waals surface area (Å²) < 4.78 is 5.66. The molecule has 5 nitrogen and oxygen atoms in total. The molecule has 0 saturated heterocycles. The zero-order chi connectivity index (χ0) is 18.2. The van der Waals surface area contributed by atoms with Gasteiger partial charge in [-0.25, -0.2) is 4.79 Å². The van der Waals surface area contributed by atoms with Gasteiger partial charge in [0.15, 0.2) is 0 Å². The van der Waals surface area contributed by atoms with E-state index in [9.17, 15) is 14.7 Å². The van der Waals surface area contributed by atoms with Crippen molar-refractivity contribution in [1.82, 2.24) is 5.32 Å². The van der Waals surface area contributed by atoms with Gasteiger partial charge in [0.1, 0.15) is 10.8 Å². The number of thioether (sulfide) groups is 1. The smallest absolute Gasteiger partial charge is 0.330 e. The Hall–Kier alpha value is -1.53. The minimum absolute atomic E-state index is 0.166. The number of fused-ring (bicyclic) bond motifs is 1. The molecule has 1 aliphatic carbocycles. The van der Waals surface area contributed by atoms with E-state index in [1.54, 1.807) is 11.8 Å². The Kier molecular flexibility index (Phi) is 4.86. The summed E-state index contributed by atoms with van der Waals surface area (Å²) in [7, 11) is 0. The molecule has 0 radical (unpaired) electrons. The molecule has 1 heterocycles. The topological polar surface area (TPSA) is 75.6 Å². The number of benzene rings is 1. The molecule has 3 unspecified atom stereocenters. The van der Waals surface area contributed by atoms with Crippen LogP contribution in [0.15, 0.2) is 24.3 Å². The van der Waals surface area contributed by atoms with Crippen molar-refractivity contribution in [3.05, 3.63) is 35.4 Å². The van der Waals surface area contributed by atoms with E-state index in [0.717, 1.165) is 17.7 Å². The average molecular weight is 363 g/mol. The van der Waals surface area contributed by atoms with Crippen molar-refractivity contribution >= 4 is 23.6 Å². The summed E-state index contributed by atoms with van der Waals surface area (Å²) in [5, 5.41) is 12.4. The molecular formula is C19H25NO4S. The first-order chi connectivity index (χ1) is 11.8. The molecule has 2 aliphatic rings. The highest BCUT2D eigenvalue weighted by Gasteiger charge is 2.66. The van der Waals surface area contributed by atoms with E-state index in [2.05, 4.69) is 5.32 Å². The van der Waals surface area contributed by atoms with Crippen LogP contribution in [-0.4, -0.2) is 41.0 Å². The lowest BCUT2D eigenvalue weighted by atomic mass is 9.54. The number of nitrogens with one attached hydrogen (secondary N) is 1. The number of hydrogen-bond donors (Lipinski definition) is 2. The predicted molar refractivity (Wildman–Crippen MR) is 97.7 cm³/mol. The molecule has 6 heteroatoms. The van der Waals surface area contributed by atoms with Crippen molar-refractivity contribution in [3.8, 4) is 0 Å². The third kappa shape index (κ3) is 2.85. The van der Waals surface area contributed by atoms with Crippen LogP contribution in [0.25, 0.3) is 0 Å². The molecule has 0 spiro atoms. The Bertz CT molecular complexity index is 690. The lowest BCUT2D eigenvalue weighted by Gasteiger charge is -2.58. The first-order valence-corrected chi connectivity index (χ1v) is 9.75. The molecule has 0 aromatic heterocycles. The van der Waals surface area contributed by atoms with Gasteiger partial charge in [0.2, 0.25) is 5.91 Å². The first-order valence-electron chi connectivity index (χ1n) is 8.70. The molecule has 3 atom stereocenters. The second-order valence-electron chi connectivity index (χ2n) is 7.27. The van der Waals surface area contributed by atoms with Crippen molar-refractivity contribution < 1.29 is 19.4 Å². The summed E-state index contributed by atoms with van der Waals surface area (Å²) in [4.78, 5) is 25.0. The lowest BCUT2D eigenvalue weighted by Crippen LogP contribution is -2.76. The average Bonchev–Trinajstić information content (AvgIpc) is 2.59. The normalized spacial score (nSPS) is 30.0. The number of carboxylic acids is 1. The second kappa shape index (κ2) is 6.65. The maximum atomic E-state index is 13.0. The highest BCUT2D eigenvalue weighted by atomic mass is 32.2. The van der Waals surface area contributed by atoms with Crippen LogP contribution in [0.4, 0.5) is 0 Å². The summed E-state index contributed by atoms with van der Waals surface area (Å²) >= 11 is 1.58. The molecule has 0 bridgehead atoms. The van der Waals surface area contributed by atoms with Crippen LogP contribution < -0.4 is 5.32 Å². The third-order valence-electron chi connectivity index (χ3n) is 5.70. The van der Waals surface area contributed by atoms with Crippen molar-refractivity contribution in [1.29, 1.82) is 0 Å². The van der Waals surface area contributed by atoms with Crippen LogP contribution in [0.3, 0.4) is 0 Å². The zero-order valence-corrected chi connectivity index (χ0v) is 15.7. The number of ether oxygens (including phenoxy) is 1. The van der Waals surface area contributed by atoms with E-state index in [1.807, 2.05) is 45.0 Å². The molecule has 136 valence electrons. The summed E-state index contributed by atoms with van der Waals surface area (Å²) in [6.45, 7) is 6.13. The van der Waals surface area contributed by atoms with Crippen molar-refractivity contribution in [2.75, 3.05) is 12.4 Å². The molecule has 1 amide bonds. The number of carbonyl (C=O) groups is 2. The molecule has 1 aliphatic heterocycles. The summed E-state index contributed by atoms with van der Waals surface area (Å²) in [5.41, 5.74) is 0.223. The Morgan fingerprint density at radius 2 is 2.08 bits per heavy atom. The fraction of sp³-hybridized carbons (Fsp3) is 0.579. The second-order valence-corrected chi connectivity index (χ2v) is 8.48. The Labute approximate surface area is 152 Å². The number of aliphatic carboxylic acids is 1. The van der Waals surface area contributed by atoms with Crippen molar-refractivity contribution in [3.63, 3.8) is 0 Å². The lowest BCUT2D eigenvalue weighted by molar-refractivity contribution is -0.194. The SMILES string of the molecule is CCOC1CC(NC(=O)C2SCCc3ccccc32)(C(=O)O)C1(C)C. The summed E-state index contributed by atoms with van der Waals surface area (Å²) in [6, 6.07) is 7.91. The van der Waals surface area contributed by atoms with Gasteiger partial charge in [-0.3, -0.25) is 4.79 Å². The highest BCUT2D eigenvalue weighted by Crippen LogP contribution is 2.52. The van der Waals surface area contributed by atoms with E-state index < -0.39 is 16.9 Å².